The molecule has 0 saturated carbocycles. The van der Waals surface area contributed by atoms with Gasteiger partial charge in [-0.05, 0) is 60.7 Å². The van der Waals surface area contributed by atoms with Crippen molar-refractivity contribution in [2.75, 3.05) is 23.3 Å². The number of hydrogen-bond acceptors (Lipinski definition) is 3. The van der Waals surface area contributed by atoms with E-state index in [1.165, 1.54) is 38.0 Å². The fourth-order valence-electron chi connectivity index (χ4n) is 3.25. The van der Waals surface area contributed by atoms with Crippen molar-refractivity contribution in [1.29, 1.82) is 0 Å². The summed E-state index contributed by atoms with van der Waals surface area (Å²) in [4.78, 5) is 2.51. The molecule has 2 aromatic rings. The highest BCUT2D eigenvalue weighted by molar-refractivity contribution is 5.63. The maximum absolute atomic E-state index is 5.63. The Kier molecular flexibility index (Phi) is 5.19. The minimum absolute atomic E-state index is 0.587. The van der Waals surface area contributed by atoms with Gasteiger partial charge in [0.25, 0.3) is 0 Å². The van der Waals surface area contributed by atoms with Crippen molar-refractivity contribution in [2.45, 2.75) is 32.7 Å². The molecule has 3 N–H and O–H groups in total. The first-order chi connectivity index (χ1) is 11.3. The van der Waals surface area contributed by atoms with Gasteiger partial charge < -0.3 is 16.0 Å². The van der Waals surface area contributed by atoms with Crippen LogP contribution in [0.1, 0.15) is 31.7 Å². The second-order valence-electron chi connectivity index (χ2n) is 6.41. The number of benzene rings is 2. The molecule has 3 heteroatoms. The minimum Gasteiger partial charge on any atom is -0.372 e. The zero-order chi connectivity index (χ0) is 16.1. The van der Waals surface area contributed by atoms with Gasteiger partial charge in [0.15, 0.2) is 0 Å². The number of nitrogens with one attached hydrogen (secondary N) is 1. The van der Waals surface area contributed by atoms with Crippen molar-refractivity contribution >= 4 is 17.1 Å². The summed E-state index contributed by atoms with van der Waals surface area (Å²) in [6, 6.07) is 17.1. The van der Waals surface area contributed by atoms with E-state index in [4.69, 9.17) is 5.73 Å². The molecule has 0 amide bonds. The van der Waals surface area contributed by atoms with Crippen LogP contribution in [0, 0.1) is 5.92 Å². The zero-order valence-corrected chi connectivity index (χ0v) is 14.0. The Bertz CT molecular complexity index is 596. The molecular formula is C20H27N3. The lowest BCUT2D eigenvalue weighted by atomic mass is 9.94. The summed E-state index contributed by atoms with van der Waals surface area (Å²) < 4.78 is 0. The average molecular weight is 309 g/mol. The van der Waals surface area contributed by atoms with Crippen LogP contribution in [-0.4, -0.2) is 13.1 Å². The average Bonchev–Trinajstić information content (AvgIpc) is 2.63. The molecule has 1 fully saturated rings. The molecule has 0 spiro atoms. The molecule has 23 heavy (non-hydrogen) atoms. The second kappa shape index (κ2) is 7.51. The summed E-state index contributed by atoms with van der Waals surface area (Å²) in [7, 11) is 0. The molecule has 0 atom stereocenters. The van der Waals surface area contributed by atoms with Gasteiger partial charge in [-0.3, -0.25) is 0 Å². The molecule has 1 aliphatic heterocycles. The Morgan fingerprint density at radius 3 is 2.04 bits per heavy atom. The van der Waals surface area contributed by atoms with E-state index in [9.17, 15) is 0 Å². The number of nitrogens with two attached hydrogens (primary N) is 1. The first-order valence-corrected chi connectivity index (χ1v) is 8.69. The molecule has 0 aromatic heterocycles. The van der Waals surface area contributed by atoms with Crippen molar-refractivity contribution in [3.8, 4) is 0 Å². The third-order valence-electron chi connectivity index (χ3n) is 4.90. The van der Waals surface area contributed by atoms with Crippen molar-refractivity contribution in [3.63, 3.8) is 0 Å². The molecule has 0 unspecified atom stereocenters. The highest BCUT2D eigenvalue weighted by Crippen LogP contribution is 2.26. The van der Waals surface area contributed by atoms with Crippen LogP contribution in [0.15, 0.2) is 48.5 Å². The minimum atomic E-state index is 0.587. The van der Waals surface area contributed by atoms with Gasteiger partial charge in [-0.1, -0.05) is 25.5 Å². The molecule has 0 bridgehead atoms. The fourth-order valence-corrected chi connectivity index (χ4v) is 3.25. The lowest BCUT2D eigenvalue weighted by Crippen LogP contribution is -2.33. The van der Waals surface area contributed by atoms with E-state index in [0.717, 1.165) is 22.9 Å². The van der Waals surface area contributed by atoms with Crippen molar-refractivity contribution in [1.82, 2.24) is 0 Å². The van der Waals surface area contributed by atoms with Gasteiger partial charge in [-0.15, -0.1) is 0 Å². The largest absolute Gasteiger partial charge is 0.372 e. The number of piperidine rings is 1. The summed E-state index contributed by atoms with van der Waals surface area (Å²) in [6.07, 6.45) is 3.97. The van der Waals surface area contributed by atoms with Crippen LogP contribution >= 0.6 is 0 Å². The third-order valence-corrected chi connectivity index (χ3v) is 4.90. The predicted molar refractivity (Wildman–Crippen MR) is 99.3 cm³/mol. The lowest BCUT2D eigenvalue weighted by Gasteiger charge is -2.33. The Morgan fingerprint density at radius 2 is 1.52 bits per heavy atom. The Balaban J connectivity index is 1.60. The molecule has 2 aromatic carbocycles. The fraction of sp³-hybridized carbons (Fsp3) is 0.400. The Hall–Kier alpha value is -2.00. The van der Waals surface area contributed by atoms with Gasteiger partial charge in [-0.25, -0.2) is 0 Å². The van der Waals surface area contributed by atoms with E-state index in [1.54, 1.807) is 0 Å². The first-order valence-electron chi connectivity index (χ1n) is 8.69. The number of hydrogen-bond donors (Lipinski definition) is 2. The van der Waals surface area contributed by atoms with Gasteiger partial charge >= 0.3 is 0 Å². The molecule has 122 valence electrons. The van der Waals surface area contributed by atoms with E-state index in [2.05, 4.69) is 65.7 Å². The van der Waals surface area contributed by atoms with Crippen LogP contribution < -0.4 is 16.0 Å². The normalized spacial score (nSPS) is 15.7. The summed E-state index contributed by atoms with van der Waals surface area (Å²) >= 11 is 0. The predicted octanol–water partition coefficient (Wildman–Crippen LogP) is 4.52. The van der Waals surface area contributed by atoms with Gasteiger partial charge in [0.05, 0.1) is 0 Å². The van der Waals surface area contributed by atoms with Gasteiger partial charge in [-0.2, -0.15) is 0 Å². The monoisotopic (exact) mass is 309 g/mol. The first kappa shape index (κ1) is 15.9. The van der Waals surface area contributed by atoms with Crippen LogP contribution in [0.3, 0.4) is 0 Å². The molecular weight excluding hydrogens is 282 g/mol. The molecule has 0 aliphatic carbocycles. The number of rotatable bonds is 5. The van der Waals surface area contributed by atoms with E-state index in [0.29, 0.717) is 6.54 Å². The second-order valence-corrected chi connectivity index (χ2v) is 6.41. The molecule has 3 rings (SSSR count). The molecule has 1 aliphatic rings. The van der Waals surface area contributed by atoms with E-state index < -0.39 is 0 Å². The molecule has 1 heterocycles. The van der Waals surface area contributed by atoms with Gasteiger partial charge in [0, 0.05) is 36.7 Å². The molecule has 1 saturated heterocycles. The van der Waals surface area contributed by atoms with E-state index in [-0.39, 0.29) is 0 Å². The lowest BCUT2D eigenvalue weighted by molar-refractivity contribution is 0.395. The van der Waals surface area contributed by atoms with E-state index >= 15 is 0 Å². The topological polar surface area (TPSA) is 41.3 Å². The smallest absolute Gasteiger partial charge is 0.0385 e. The summed E-state index contributed by atoms with van der Waals surface area (Å²) in [5, 5.41) is 3.44. The summed E-state index contributed by atoms with van der Waals surface area (Å²) in [6.45, 7) is 5.27. The van der Waals surface area contributed by atoms with Crippen LogP contribution in [0.25, 0.3) is 0 Å². The summed E-state index contributed by atoms with van der Waals surface area (Å²) in [5.41, 5.74) is 10.3. The number of anilines is 3. The highest BCUT2D eigenvalue weighted by atomic mass is 15.1. The third kappa shape index (κ3) is 4.05. The Labute approximate surface area is 139 Å². The standard InChI is InChI=1S/C20H27N3/c1-2-16-11-13-23(14-12-16)20-9-7-19(8-10-20)22-18-5-3-17(15-21)4-6-18/h3-10,16,22H,2,11-15,21H2,1H3. The zero-order valence-electron chi connectivity index (χ0n) is 14.0. The maximum atomic E-state index is 5.63. The Morgan fingerprint density at radius 1 is 0.957 bits per heavy atom. The van der Waals surface area contributed by atoms with Crippen LogP contribution in [-0.2, 0) is 6.54 Å². The van der Waals surface area contributed by atoms with Gasteiger partial charge in [0.1, 0.15) is 0 Å². The number of nitrogens with zero attached hydrogens (tertiary/aromatic N) is 1. The summed E-state index contributed by atoms with van der Waals surface area (Å²) in [5.74, 6) is 0.920. The quantitative estimate of drug-likeness (QED) is 0.853. The highest BCUT2D eigenvalue weighted by Gasteiger charge is 2.17. The van der Waals surface area contributed by atoms with Crippen LogP contribution in [0.5, 0.6) is 0 Å². The van der Waals surface area contributed by atoms with Crippen molar-refractivity contribution < 1.29 is 0 Å². The van der Waals surface area contributed by atoms with Crippen molar-refractivity contribution in [3.05, 3.63) is 54.1 Å². The van der Waals surface area contributed by atoms with E-state index in [1.807, 2.05) is 0 Å². The SMILES string of the molecule is CCC1CCN(c2ccc(Nc3ccc(CN)cc3)cc2)CC1. The van der Waals surface area contributed by atoms with Crippen LogP contribution in [0.2, 0.25) is 0 Å². The maximum Gasteiger partial charge on any atom is 0.0385 e. The van der Waals surface area contributed by atoms with Crippen molar-refractivity contribution in [2.24, 2.45) is 11.7 Å². The molecule has 0 radical (unpaired) electrons. The van der Waals surface area contributed by atoms with Gasteiger partial charge in [0.2, 0.25) is 0 Å². The van der Waals surface area contributed by atoms with Crippen LogP contribution in [0.4, 0.5) is 17.1 Å². The molecule has 3 nitrogen and oxygen atoms in total.